The van der Waals surface area contributed by atoms with Gasteiger partial charge in [-0.3, -0.25) is 14.6 Å². The quantitative estimate of drug-likeness (QED) is 0.392. The van der Waals surface area contributed by atoms with Crippen LogP contribution in [0.15, 0.2) is 17.4 Å². The Hall–Kier alpha value is -0.830. The van der Waals surface area contributed by atoms with Crippen molar-refractivity contribution in [3.63, 3.8) is 0 Å². The number of hydrogen-bond donors (Lipinski definition) is 1. The van der Waals surface area contributed by atoms with Gasteiger partial charge in [-0.2, -0.15) is 5.10 Å². The van der Waals surface area contributed by atoms with Gasteiger partial charge in [-0.15, -0.1) is 24.0 Å². The lowest BCUT2D eigenvalue weighted by atomic mass is 10.0. The third kappa shape index (κ3) is 5.34. The first-order valence-electron chi connectivity index (χ1n) is 9.97. The van der Waals surface area contributed by atoms with Crippen LogP contribution < -0.4 is 5.32 Å². The predicted molar refractivity (Wildman–Crippen MR) is 118 cm³/mol. The fourth-order valence-corrected chi connectivity index (χ4v) is 4.10. The van der Waals surface area contributed by atoms with E-state index in [2.05, 4.69) is 40.3 Å². The molecule has 0 spiro atoms. The normalized spacial score (nSPS) is 22.5. The molecule has 1 aromatic heterocycles. The van der Waals surface area contributed by atoms with Crippen molar-refractivity contribution in [3.8, 4) is 0 Å². The summed E-state index contributed by atoms with van der Waals surface area (Å²) in [4.78, 5) is 10.1. The molecule has 0 radical (unpaired) electrons. The second kappa shape index (κ2) is 10.5. The highest BCUT2D eigenvalue weighted by atomic mass is 127. The molecule has 2 fully saturated rings. The molecule has 3 rings (SSSR count). The molecule has 2 saturated heterocycles. The summed E-state index contributed by atoms with van der Waals surface area (Å²) in [5.41, 5.74) is 1.35. The second-order valence-corrected chi connectivity index (χ2v) is 7.38. The molecule has 1 N–H and O–H groups in total. The molecule has 3 heterocycles. The third-order valence-electron chi connectivity index (χ3n) is 5.60. The smallest absolute Gasteiger partial charge is 0.193 e. The number of likely N-dealkylation sites (tertiary alicyclic amines) is 2. The molecule has 2 unspecified atom stereocenters. The molecule has 1 aromatic rings. The lowest BCUT2D eigenvalue weighted by Crippen LogP contribution is -2.41. The topological polar surface area (TPSA) is 48.7 Å². The van der Waals surface area contributed by atoms with Crippen molar-refractivity contribution in [2.24, 2.45) is 12.0 Å². The summed E-state index contributed by atoms with van der Waals surface area (Å²) in [6, 6.07) is 0.591. The Morgan fingerprint density at radius 3 is 2.69 bits per heavy atom. The zero-order valence-electron chi connectivity index (χ0n) is 16.5. The Kier molecular flexibility index (Phi) is 8.66. The van der Waals surface area contributed by atoms with Crippen molar-refractivity contribution in [3.05, 3.63) is 18.0 Å². The van der Waals surface area contributed by atoms with Crippen LogP contribution in [0.25, 0.3) is 0 Å². The first-order chi connectivity index (χ1) is 12.2. The summed E-state index contributed by atoms with van der Waals surface area (Å²) in [5, 5.41) is 7.84. The predicted octanol–water partition coefficient (Wildman–Crippen LogP) is 2.67. The maximum absolute atomic E-state index is 5.01. The van der Waals surface area contributed by atoms with Gasteiger partial charge in [0.1, 0.15) is 0 Å². The molecule has 148 valence electrons. The van der Waals surface area contributed by atoms with E-state index in [0.29, 0.717) is 12.0 Å². The molecule has 0 saturated carbocycles. The van der Waals surface area contributed by atoms with Crippen LogP contribution in [-0.4, -0.2) is 70.9 Å². The lowest BCUT2D eigenvalue weighted by Gasteiger charge is -2.27. The van der Waals surface area contributed by atoms with Crippen molar-refractivity contribution < 1.29 is 0 Å². The second-order valence-electron chi connectivity index (χ2n) is 7.38. The van der Waals surface area contributed by atoms with E-state index in [4.69, 9.17) is 4.99 Å². The fraction of sp³-hybridized carbons (Fsp3) is 0.789. The Bertz CT molecular complexity index is 566. The molecule has 2 aliphatic rings. The van der Waals surface area contributed by atoms with Gasteiger partial charge in [0, 0.05) is 44.8 Å². The van der Waals surface area contributed by atoms with Gasteiger partial charge in [0.05, 0.1) is 12.7 Å². The van der Waals surface area contributed by atoms with E-state index < -0.39 is 0 Å². The molecular weight excluding hydrogens is 439 g/mol. The molecule has 2 aliphatic heterocycles. The zero-order chi connectivity index (χ0) is 17.6. The molecule has 0 aromatic carbocycles. The zero-order valence-corrected chi connectivity index (χ0v) is 18.9. The summed E-state index contributed by atoms with van der Waals surface area (Å²) in [6.45, 7) is 10.9. The molecule has 0 amide bonds. The highest BCUT2D eigenvalue weighted by Crippen LogP contribution is 2.26. The molecule has 0 aliphatic carbocycles. The van der Waals surface area contributed by atoms with Gasteiger partial charge < -0.3 is 10.2 Å². The molecule has 2 atom stereocenters. The lowest BCUT2D eigenvalue weighted by molar-refractivity contribution is 0.241. The van der Waals surface area contributed by atoms with E-state index in [9.17, 15) is 0 Å². The summed E-state index contributed by atoms with van der Waals surface area (Å²) >= 11 is 0. The number of guanidine groups is 1. The van der Waals surface area contributed by atoms with E-state index in [1.165, 1.54) is 44.3 Å². The van der Waals surface area contributed by atoms with E-state index in [1.54, 1.807) is 0 Å². The standard InChI is InChI=1S/C19H34N6.HI/c1-4-18(24-9-6-7-10-24)13-21-19(20-5-2)25-11-8-16(15-25)17-12-22-23(3)14-17;/h12,14,16,18H,4-11,13,15H2,1-3H3,(H,20,21);1H. The van der Waals surface area contributed by atoms with Crippen LogP contribution in [0.5, 0.6) is 0 Å². The van der Waals surface area contributed by atoms with Crippen LogP contribution in [-0.2, 0) is 7.05 Å². The van der Waals surface area contributed by atoms with Crippen LogP contribution in [0.1, 0.15) is 51.0 Å². The number of aromatic nitrogens is 2. The fourth-order valence-electron chi connectivity index (χ4n) is 4.10. The van der Waals surface area contributed by atoms with Gasteiger partial charge in [0.2, 0.25) is 0 Å². The van der Waals surface area contributed by atoms with Crippen LogP contribution >= 0.6 is 24.0 Å². The first kappa shape index (κ1) is 21.5. The van der Waals surface area contributed by atoms with Crippen molar-refractivity contribution in [1.29, 1.82) is 0 Å². The van der Waals surface area contributed by atoms with Crippen LogP contribution in [0.2, 0.25) is 0 Å². The van der Waals surface area contributed by atoms with Gasteiger partial charge in [0.25, 0.3) is 0 Å². The van der Waals surface area contributed by atoms with Gasteiger partial charge in [0.15, 0.2) is 5.96 Å². The number of nitrogens with zero attached hydrogens (tertiary/aromatic N) is 5. The summed E-state index contributed by atoms with van der Waals surface area (Å²) in [6.07, 6.45) is 9.22. The van der Waals surface area contributed by atoms with Gasteiger partial charge in [-0.25, -0.2) is 0 Å². The number of rotatable bonds is 6. The highest BCUT2D eigenvalue weighted by molar-refractivity contribution is 14.0. The number of hydrogen-bond acceptors (Lipinski definition) is 3. The maximum Gasteiger partial charge on any atom is 0.193 e. The molecule has 0 bridgehead atoms. The minimum atomic E-state index is 0. The van der Waals surface area contributed by atoms with Crippen molar-refractivity contribution in [1.82, 2.24) is 24.9 Å². The van der Waals surface area contributed by atoms with Crippen molar-refractivity contribution in [2.75, 3.05) is 39.3 Å². The SMILES string of the molecule is CCNC(=NCC(CC)N1CCCC1)N1CCC(c2cnn(C)c2)C1.I. The summed E-state index contributed by atoms with van der Waals surface area (Å²) in [7, 11) is 1.99. The monoisotopic (exact) mass is 474 g/mol. The summed E-state index contributed by atoms with van der Waals surface area (Å²) < 4.78 is 1.90. The molecule has 7 heteroatoms. The summed E-state index contributed by atoms with van der Waals surface area (Å²) in [5.74, 6) is 1.66. The molecular formula is C19H35IN6. The largest absolute Gasteiger partial charge is 0.357 e. The average molecular weight is 474 g/mol. The van der Waals surface area contributed by atoms with Crippen LogP contribution in [0, 0.1) is 0 Å². The van der Waals surface area contributed by atoms with Crippen molar-refractivity contribution >= 4 is 29.9 Å². The minimum Gasteiger partial charge on any atom is -0.357 e. The Morgan fingerprint density at radius 2 is 2.08 bits per heavy atom. The molecule has 6 nitrogen and oxygen atoms in total. The van der Waals surface area contributed by atoms with Gasteiger partial charge in [-0.1, -0.05) is 6.92 Å². The third-order valence-corrected chi connectivity index (χ3v) is 5.60. The number of halogens is 1. The van der Waals surface area contributed by atoms with Crippen molar-refractivity contribution in [2.45, 2.75) is 51.5 Å². The van der Waals surface area contributed by atoms with E-state index >= 15 is 0 Å². The minimum absolute atomic E-state index is 0. The van der Waals surface area contributed by atoms with E-state index in [-0.39, 0.29) is 24.0 Å². The van der Waals surface area contributed by atoms with Gasteiger partial charge >= 0.3 is 0 Å². The van der Waals surface area contributed by atoms with E-state index in [1.807, 2.05) is 17.9 Å². The van der Waals surface area contributed by atoms with E-state index in [0.717, 1.165) is 32.1 Å². The van der Waals surface area contributed by atoms with Gasteiger partial charge in [-0.05, 0) is 51.3 Å². The Labute approximate surface area is 175 Å². The highest BCUT2D eigenvalue weighted by Gasteiger charge is 2.27. The first-order valence-corrected chi connectivity index (χ1v) is 9.97. The average Bonchev–Trinajstić information content (AvgIpc) is 3.35. The Balaban J connectivity index is 0.00000243. The number of aryl methyl sites for hydroxylation is 1. The van der Waals surface area contributed by atoms with Crippen LogP contribution in [0.4, 0.5) is 0 Å². The Morgan fingerprint density at radius 1 is 1.31 bits per heavy atom. The van der Waals surface area contributed by atoms with Crippen LogP contribution in [0.3, 0.4) is 0 Å². The number of nitrogens with one attached hydrogen (secondary N) is 1. The molecule has 26 heavy (non-hydrogen) atoms. The number of aliphatic imine (C=N–C) groups is 1. The maximum atomic E-state index is 5.01.